The van der Waals surface area contributed by atoms with Crippen molar-refractivity contribution < 1.29 is 29.5 Å². The molecule has 0 spiro atoms. The van der Waals surface area contributed by atoms with Gasteiger partial charge in [0.25, 0.3) is 17.4 Å². The zero-order chi connectivity index (χ0) is 21.3. The van der Waals surface area contributed by atoms with Crippen LogP contribution in [0.4, 0.5) is 5.69 Å². The quantitative estimate of drug-likeness (QED) is 0.251. The second kappa shape index (κ2) is 7.72. The molecule has 2 aromatic carbocycles. The average molecular weight is 417 g/mol. The van der Waals surface area contributed by atoms with E-state index in [9.17, 15) is 29.6 Å². The van der Waals surface area contributed by atoms with Crippen LogP contribution in [0.25, 0.3) is 5.76 Å². The molecule has 1 aliphatic rings. The Morgan fingerprint density at radius 1 is 1.10 bits per heavy atom. The maximum atomic E-state index is 12.6. The minimum absolute atomic E-state index is 0.0894. The number of rotatable bonds is 5. The number of halogens is 1. The first-order valence-electron chi connectivity index (χ1n) is 8.21. The first kappa shape index (κ1) is 20.0. The van der Waals surface area contributed by atoms with Crippen LogP contribution in [0.1, 0.15) is 17.2 Å². The molecule has 2 aromatic rings. The largest absolute Gasteiger partial charge is 0.507 e. The molecular weight excluding hydrogens is 404 g/mol. The Kier molecular flexibility index (Phi) is 5.33. The predicted molar refractivity (Wildman–Crippen MR) is 101 cm³/mol. The molecule has 0 aliphatic carbocycles. The fourth-order valence-corrected chi connectivity index (χ4v) is 3.29. The predicted octanol–water partition coefficient (Wildman–Crippen LogP) is 2.75. The molecule has 29 heavy (non-hydrogen) atoms. The smallest absolute Gasteiger partial charge is 0.323 e. The van der Waals surface area contributed by atoms with Crippen molar-refractivity contribution in [2.75, 3.05) is 6.54 Å². The Bertz CT molecular complexity index is 1060. The summed E-state index contributed by atoms with van der Waals surface area (Å²) in [6, 6.07) is 9.57. The number of aliphatic hydroxyl groups is 1. The van der Waals surface area contributed by atoms with E-state index >= 15 is 0 Å². The topological polar surface area (TPSA) is 138 Å². The van der Waals surface area contributed by atoms with Gasteiger partial charge >= 0.3 is 5.97 Å². The number of amides is 1. The van der Waals surface area contributed by atoms with Gasteiger partial charge in [-0.15, -0.1) is 0 Å². The van der Waals surface area contributed by atoms with Gasteiger partial charge in [-0.05, 0) is 30.3 Å². The van der Waals surface area contributed by atoms with Crippen molar-refractivity contribution in [2.45, 2.75) is 6.04 Å². The van der Waals surface area contributed by atoms with E-state index in [1.165, 1.54) is 48.5 Å². The van der Waals surface area contributed by atoms with Crippen molar-refractivity contribution in [3.05, 3.63) is 80.4 Å². The maximum absolute atomic E-state index is 12.6. The Labute approximate surface area is 168 Å². The van der Waals surface area contributed by atoms with E-state index in [1.807, 2.05) is 0 Å². The van der Waals surface area contributed by atoms with Crippen molar-refractivity contribution in [1.29, 1.82) is 0 Å². The van der Waals surface area contributed by atoms with Crippen LogP contribution in [0.2, 0.25) is 5.02 Å². The van der Waals surface area contributed by atoms with E-state index in [4.69, 9.17) is 16.7 Å². The summed E-state index contributed by atoms with van der Waals surface area (Å²) in [6.45, 7) is -0.876. The Hall–Kier alpha value is -3.72. The molecule has 10 heteroatoms. The summed E-state index contributed by atoms with van der Waals surface area (Å²) in [5.74, 6) is -4.31. The van der Waals surface area contributed by atoms with Gasteiger partial charge < -0.3 is 15.1 Å². The third-order valence-corrected chi connectivity index (χ3v) is 4.64. The first-order chi connectivity index (χ1) is 13.7. The molecule has 0 saturated carbocycles. The van der Waals surface area contributed by atoms with Gasteiger partial charge in [0.15, 0.2) is 0 Å². The standard InChI is InChI=1S/C19H13ClN2O7/c20-11-7-5-10(6-8-11)17(25)15-16(12-3-1-2-4-13(12)22(28)29)21(9-14(23)24)19(27)18(15)26/h1-8,16,25H,9H2,(H,23,24)/b17-15-. The molecule has 1 amide bonds. The number of ketones is 1. The van der Waals surface area contributed by atoms with Gasteiger partial charge in [-0.2, -0.15) is 0 Å². The second-order valence-corrected chi connectivity index (χ2v) is 6.58. The number of carboxylic acid groups (broad SMARTS) is 1. The summed E-state index contributed by atoms with van der Waals surface area (Å²) in [7, 11) is 0. The lowest BCUT2D eigenvalue weighted by atomic mass is 9.94. The molecule has 1 aliphatic heterocycles. The molecule has 1 heterocycles. The number of carboxylic acids is 1. The number of para-hydroxylation sites is 1. The number of hydrogen-bond donors (Lipinski definition) is 2. The Balaban J connectivity index is 2.28. The van der Waals surface area contributed by atoms with Gasteiger partial charge in [-0.3, -0.25) is 24.5 Å². The third-order valence-electron chi connectivity index (χ3n) is 4.39. The maximum Gasteiger partial charge on any atom is 0.323 e. The summed E-state index contributed by atoms with van der Waals surface area (Å²) < 4.78 is 0. The van der Waals surface area contributed by atoms with Crippen molar-refractivity contribution >= 4 is 40.7 Å². The number of hydrogen-bond acceptors (Lipinski definition) is 6. The number of nitrogens with zero attached hydrogens (tertiary/aromatic N) is 2. The van der Waals surface area contributed by atoms with Crippen LogP contribution >= 0.6 is 11.6 Å². The van der Waals surface area contributed by atoms with Crippen LogP contribution < -0.4 is 0 Å². The van der Waals surface area contributed by atoms with Gasteiger partial charge in [0.05, 0.1) is 22.1 Å². The molecular formula is C19H13ClN2O7. The van der Waals surface area contributed by atoms with Gasteiger partial charge in [0.2, 0.25) is 0 Å². The van der Waals surface area contributed by atoms with Crippen molar-refractivity contribution in [3.63, 3.8) is 0 Å². The summed E-state index contributed by atoms with van der Waals surface area (Å²) in [6.07, 6.45) is 0. The molecule has 9 nitrogen and oxygen atoms in total. The molecule has 1 unspecified atom stereocenters. The second-order valence-electron chi connectivity index (χ2n) is 6.14. The van der Waals surface area contributed by atoms with E-state index < -0.39 is 52.2 Å². The van der Waals surface area contributed by atoms with E-state index in [1.54, 1.807) is 0 Å². The highest BCUT2D eigenvalue weighted by atomic mass is 35.5. The zero-order valence-corrected chi connectivity index (χ0v) is 15.4. The molecule has 148 valence electrons. The Morgan fingerprint density at radius 3 is 2.31 bits per heavy atom. The van der Waals surface area contributed by atoms with E-state index in [0.29, 0.717) is 9.92 Å². The summed E-state index contributed by atoms with van der Waals surface area (Å²) in [4.78, 5) is 47.8. The zero-order valence-electron chi connectivity index (χ0n) is 14.6. The van der Waals surface area contributed by atoms with Crippen LogP contribution in [0.15, 0.2) is 54.1 Å². The molecule has 0 bridgehead atoms. The highest BCUT2D eigenvalue weighted by Gasteiger charge is 2.48. The third kappa shape index (κ3) is 3.67. The lowest BCUT2D eigenvalue weighted by molar-refractivity contribution is -0.385. The summed E-state index contributed by atoms with van der Waals surface area (Å²) in [5, 5.41) is 31.7. The van der Waals surface area contributed by atoms with Gasteiger partial charge in [-0.1, -0.05) is 23.7 Å². The monoisotopic (exact) mass is 416 g/mol. The minimum atomic E-state index is -1.44. The molecule has 0 aromatic heterocycles. The Morgan fingerprint density at radius 2 is 1.72 bits per heavy atom. The van der Waals surface area contributed by atoms with Gasteiger partial charge in [0.1, 0.15) is 12.3 Å². The van der Waals surface area contributed by atoms with Crippen molar-refractivity contribution in [3.8, 4) is 0 Å². The number of Topliss-reactive ketones (excluding diaryl/α,β-unsaturated/α-hetero) is 1. The molecule has 1 atom stereocenters. The number of nitro groups is 1. The first-order valence-corrected chi connectivity index (χ1v) is 8.59. The lowest BCUT2D eigenvalue weighted by Crippen LogP contribution is -2.34. The number of aliphatic hydroxyl groups excluding tert-OH is 1. The van der Waals surface area contributed by atoms with Crippen LogP contribution in [0.3, 0.4) is 0 Å². The van der Waals surface area contributed by atoms with Crippen LogP contribution in [-0.2, 0) is 14.4 Å². The van der Waals surface area contributed by atoms with E-state index in [0.717, 1.165) is 0 Å². The SMILES string of the molecule is O=C(O)CN1C(=O)C(=O)/C(=C(\O)c2ccc(Cl)cc2)C1c1ccccc1[N+](=O)[O-]. The summed E-state index contributed by atoms with van der Waals surface area (Å²) >= 11 is 5.82. The van der Waals surface area contributed by atoms with Crippen molar-refractivity contribution in [2.24, 2.45) is 0 Å². The van der Waals surface area contributed by atoms with Crippen molar-refractivity contribution in [1.82, 2.24) is 4.90 Å². The molecule has 1 fully saturated rings. The highest BCUT2D eigenvalue weighted by Crippen LogP contribution is 2.42. The van der Waals surface area contributed by atoms with Crippen LogP contribution in [-0.4, -0.2) is 44.2 Å². The number of likely N-dealkylation sites (tertiary alicyclic amines) is 1. The van der Waals surface area contributed by atoms with Gasteiger partial charge in [0, 0.05) is 16.7 Å². The molecule has 3 rings (SSSR count). The molecule has 2 N–H and O–H groups in total. The number of nitro benzene ring substituents is 1. The highest BCUT2D eigenvalue weighted by molar-refractivity contribution is 6.47. The minimum Gasteiger partial charge on any atom is -0.507 e. The molecule has 0 radical (unpaired) electrons. The average Bonchev–Trinajstić information content (AvgIpc) is 2.92. The number of carbonyl (C=O) groups is 3. The van der Waals surface area contributed by atoms with E-state index in [-0.39, 0.29) is 11.1 Å². The summed E-state index contributed by atoms with van der Waals surface area (Å²) in [5.41, 5.74) is -0.801. The fourth-order valence-electron chi connectivity index (χ4n) is 3.16. The molecule has 1 saturated heterocycles. The fraction of sp³-hybridized carbons (Fsp3) is 0.105. The van der Waals surface area contributed by atoms with E-state index in [2.05, 4.69) is 0 Å². The number of carbonyl (C=O) groups excluding carboxylic acids is 2. The number of aliphatic carboxylic acids is 1. The number of benzene rings is 2. The van der Waals surface area contributed by atoms with Gasteiger partial charge in [-0.25, -0.2) is 0 Å². The normalized spacial score (nSPS) is 18.1. The lowest BCUT2D eigenvalue weighted by Gasteiger charge is -2.23. The van der Waals surface area contributed by atoms with Crippen LogP contribution in [0, 0.1) is 10.1 Å². The van der Waals surface area contributed by atoms with Crippen LogP contribution in [0.5, 0.6) is 0 Å².